The Hall–Kier alpha value is -3.28. The smallest absolute Gasteiger partial charge is 0.254 e. The first-order chi connectivity index (χ1) is 15.0. The number of piperidine rings is 1. The molecule has 1 fully saturated rings. The van der Waals surface area contributed by atoms with Gasteiger partial charge in [0.05, 0.1) is 12.2 Å². The minimum absolute atomic E-state index is 0.0248. The van der Waals surface area contributed by atoms with Crippen LogP contribution in [-0.4, -0.2) is 45.0 Å². The van der Waals surface area contributed by atoms with Crippen LogP contribution in [0.5, 0.6) is 5.88 Å². The van der Waals surface area contributed by atoms with Crippen LogP contribution in [0, 0.1) is 19.8 Å². The van der Waals surface area contributed by atoms with Gasteiger partial charge in [-0.05, 0) is 51.3 Å². The number of pyridine rings is 1. The average Bonchev–Trinajstić information content (AvgIpc) is 2.79. The molecule has 1 saturated heterocycles. The van der Waals surface area contributed by atoms with Crippen LogP contribution in [0.4, 0.5) is 0 Å². The Bertz CT molecular complexity index is 1040. The zero-order chi connectivity index (χ0) is 21.8. The number of carbonyl (C=O) groups is 1. The van der Waals surface area contributed by atoms with Gasteiger partial charge in [-0.3, -0.25) is 4.79 Å². The van der Waals surface area contributed by atoms with Crippen molar-refractivity contribution in [3.63, 3.8) is 0 Å². The summed E-state index contributed by atoms with van der Waals surface area (Å²) < 4.78 is 5.91. The molecule has 2 unspecified atom stereocenters. The zero-order valence-electron chi connectivity index (χ0n) is 18.3. The lowest BCUT2D eigenvalue weighted by atomic mass is 9.92. The Morgan fingerprint density at radius 3 is 2.58 bits per heavy atom. The maximum absolute atomic E-state index is 13.6. The van der Waals surface area contributed by atoms with E-state index in [2.05, 4.69) is 21.9 Å². The van der Waals surface area contributed by atoms with Gasteiger partial charge in [-0.1, -0.05) is 23.8 Å². The fourth-order valence-electron chi connectivity index (χ4n) is 3.97. The number of aryl methyl sites for hydroxylation is 2. The molecule has 3 aromatic rings. The molecule has 0 N–H and O–H groups in total. The van der Waals surface area contributed by atoms with E-state index in [0.717, 1.165) is 29.5 Å². The lowest BCUT2D eigenvalue weighted by Crippen LogP contribution is -2.47. The third kappa shape index (κ3) is 4.90. The van der Waals surface area contributed by atoms with Crippen LogP contribution in [0.15, 0.2) is 55.0 Å². The van der Waals surface area contributed by atoms with Crippen molar-refractivity contribution in [1.82, 2.24) is 19.9 Å². The summed E-state index contributed by atoms with van der Waals surface area (Å²) in [5.74, 6) is 1.49. The Morgan fingerprint density at radius 1 is 1.06 bits per heavy atom. The Kier molecular flexibility index (Phi) is 6.26. The Labute approximate surface area is 183 Å². The summed E-state index contributed by atoms with van der Waals surface area (Å²) >= 11 is 0. The molecule has 4 rings (SSSR count). The molecular formula is C25H28N4O2. The second-order valence-electron chi connectivity index (χ2n) is 8.36. The summed E-state index contributed by atoms with van der Waals surface area (Å²) in [4.78, 5) is 28.6. The minimum Gasteiger partial charge on any atom is -0.477 e. The van der Waals surface area contributed by atoms with Crippen molar-refractivity contribution in [3.8, 4) is 17.3 Å². The monoisotopic (exact) mass is 416 g/mol. The first-order valence-electron chi connectivity index (χ1n) is 10.8. The number of benzene rings is 1. The van der Waals surface area contributed by atoms with Crippen LogP contribution < -0.4 is 4.74 Å². The molecular weight excluding hydrogens is 388 g/mol. The maximum Gasteiger partial charge on any atom is 0.254 e. The molecule has 1 aromatic carbocycles. The molecule has 6 nitrogen and oxygen atoms in total. The summed E-state index contributed by atoms with van der Waals surface area (Å²) in [7, 11) is 0. The van der Waals surface area contributed by atoms with Gasteiger partial charge in [0.2, 0.25) is 5.88 Å². The highest BCUT2D eigenvalue weighted by atomic mass is 16.5. The standard InChI is InChI=1S/C25H28N4O2/c1-17-5-9-21(24-26-11-4-12-27-24)22(13-17)25(30)29-15-20(8-7-19(29)3)16-31-23-10-6-18(2)14-28-23/h4-6,9-14,19-20H,7-8,15-16H2,1-3H3. The molecule has 6 heteroatoms. The van der Waals surface area contributed by atoms with Crippen molar-refractivity contribution in [2.45, 2.75) is 39.7 Å². The van der Waals surface area contributed by atoms with Crippen LogP contribution in [0.3, 0.4) is 0 Å². The predicted molar refractivity (Wildman–Crippen MR) is 120 cm³/mol. The van der Waals surface area contributed by atoms with E-state index in [0.29, 0.717) is 30.4 Å². The number of ether oxygens (including phenoxy) is 1. The Balaban J connectivity index is 1.52. The molecule has 160 valence electrons. The van der Waals surface area contributed by atoms with Crippen molar-refractivity contribution in [2.24, 2.45) is 5.92 Å². The van der Waals surface area contributed by atoms with E-state index in [-0.39, 0.29) is 17.9 Å². The van der Waals surface area contributed by atoms with Crippen molar-refractivity contribution < 1.29 is 9.53 Å². The maximum atomic E-state index is 13.6. The highest BCUT2D eigenvalue weighted by Gasteiger charge is 2.31. The molecule has 2 aromatic heterocycles. The zero-order valence-corrected chi connectivity index (χ0v) is 18.3. The van der Waals surface area contributed by atoms with E-state index < -0.39 is 0 Å². The number of hydrogen-bond donors (Lipinski definition) is 0. The number of amides is 1. The molecule has 0 aliphatic carbocycles. The largest absolute Gasteiger partial charge is 0.477 e. The third-order valence-electron chi connectivity index (χ3n) is 5.80. The molecule has 3 heterocycles. The number of hydrogen-bond acceptors (Lipinski definition) is 5. The van der Waals surface area contributed by atoms with E-state index in [1.807, 2.05) is 49.1 Å². The second-order valence-corrected chi connectivity index (χ2v) is 8.36. The van der Waals surface area contributed by atoms with Gasteiger partial charge in [0.1, 0.15) is 0 Å². The number of rotatable bonds is 5. The van der Waals surface area contributed by atoms with Gasteiger partial charge in [-0.25, -0.2) is 15.0 Å². The van der Waals surface area contributed by atoms with E-state index in [1.54, 1.807) is 24.7 Å². The normalized spacial score (nSPS) is 18.6. The summed E-state index contributed by atoms with van der Waals surface area (Å²) in [6.45, 7) is 7.33. The minimum atomic E-state index is 0.0248. The number of aromatic nitrogens is 3. The lowest BCUT2D eigenvalue weighted by molar-refractivity contribution is 0.0503. The van der Waals surface area contributed by atoms with Gasteiger partial charge in [0.25, 0.3) is 5.91 Å². The fraction of sp³-hybridized carbons (Fsp3) is 0.360. The SMILES string of the molecule is Cc1ccc(OCC2CCC(C)N(C(=O)c3cc(C)ccc3-c3ncccn3)C2)nc1. The van der Waals surface area contributed by atoms with Gasteiger partial charge < -0.3 is 9.64 Å². The van der Waals surface area contributed by atoms with Gasteiger partial charge in [0, 0.05) is 48.7 Å². The van der Waals surface area contributed by atoms with Crippen LogP contribution in [0.25, 0.3) is 11.4 Å². The first kappa shape index (κ1) is 21.0. The number of carbonyl (C=O) groups excluding carboxylic acids is 1. The second kappa shape index (κ2) is 9.25. The molecule has 0 radical (unpaired) electrons. The summed E-state index contributed by atoms with van der Waals surface area (Å²) in [6, 6.07) is 11.7. The molecule has 2 atom stereocenters. The fourth-order valence-corrected chi connectivity index (χ4v) is 3.97. The van der Waals surface area contributed by atoms with E-state index in [4.69, 9.17) is 4.74 Å². The number of likely N-dealkylation sites (tertiary alicyclic amines) is 1. The van der Waals surface area contributed by atoms with E-state index >= 15 is 0 Å². The first-order valence-corrected chi connectivity index (χ1v) is 10.8. The lowest BCUT2D eigenvalue weighted by Gasteiger charge is -2.38. The van der Waals surface area contributed by atoms with Gasteiger partial charge in [0.15, 0.2) is 5.82 Å². The molecule has 1 aliphatic heterocycles. The van der Waals surface area contributed by atoms with Crippen LogP contribution >= 0.6 is 0 Å². The summed E-state index contributed by atoms with van der Waals surface area (Å²) in [5.41, 5.74) is 3.57. The van der Waals surface area contributed by atoms with Crippen molar-refractivity contribution in [1.29, 1.82) is 0 Å². The Morgan fingerprint density at radius 2 is 1.84 bits per heavy atom. The van der Waals surface area contributed by atoms with Crippen LogP contribution in [0.2, 0.25) is 0 Å². The third-order valence-corrected chi connectivity index (χ3v) is 5.80. The molecule has 0 spiro atoms. The van der Waals surface area contributed by atoms with Gasteiger partial charge >= 0.3 is 0 Å². The molecule has 31 heavy (non-hydrogen) atoms. The molecule has 1 aliphatic rings. The van der Waals surface area contributed by atoms with Crippen molar-refractivity contribution in [3.05, 3.63) is 71.7 Å². The van der Waals surface area contributed by atoms with Crippen LogP contribution in [0.1, 0.15) is 41.3 Å². The van der Waals surface area contributed by atoms with Gasteiger partial charge in [-0.15, -0.1) is 0 Å². The van der Waals surface area contributed by atoms with Crippen LogP contribution in [-0.2, 0) is 0 Å². The molecule has 0 saturated carbocycles. The number of nitrogens with zero attached hydrogens (tertiary/aromatic N) is 4. The molecule has 0 bridgehead atoms. The molecule has 1 amide bonds. The highest BCUT2D eigenvalue weighted by Crippen LogP contribution is 2.28. The van der Waals surface area contributed by atoms with Crippen molar-refractivity contribution in [2.75, 3.05) is 13.2 Å². The van der Waals surface area contributed by atoms with E-state index in [9.17, 15) is 4.79 Å². The highest BCUT2D eigenvalue weighted by molar-refractivity contribution is 6.00. The predicted octanol–water partition coefficient (Wildman–Crippen LogP) is 4.48. The summed E-state index contributed by atoms with van der Waals surface area (Å²) in [6.07, 6.45) is 7.18. The average molecular weight is 417 g/mol. The topological polar surface area (TPSA) is 68.2 Å². The van der Waals surface area contributed by atoms with Crippen molar-refractivity contribution >= 4 is 5.91 Å². The quantitative estimate of drug-likeness (QED) is 0.614. The summed E-state index contributed by atoms with van der Waals surface area (Å²) in [5, 5.41) is 0. The van der Waals surface area contributed by atoms with Gasteiger partial charge in [-0.2, -0.15) is 0 Å². The van der Waals surface area contributed by atoms with E-state index in [1.165, 1.54) is 0 Å².